The Hall–Kier alpha value is -0.780. The van der Waals surface area contributed by atoms with E-state index in [2.05, 4.69) is 0 Å². The second-order valence-corrected chi connectivity index (χ2v) is 3.45. The van der Waals surface area contributed by atoms with Gasteiger partial charge in [0, 0.05) is 5.75 Å². The Kier molecular flexibility index (Phi) is 4.01. The molecule has 1 aromatic heterocycles. The van der Waals surface area contributed by atoms with E-state index in [1.165, 1.54) is 11.8 Å². The normalized spacial score (nSPS) is 12.8. The zero-order chi connectivity index (χ0) is 9.68. The molecule has 0 saturated heterocycles. The average Bonchev–Trinajstić information content (AvgIpc) is 2.61. The smallest absolute Gasteiger partial charge is 0.185 e. The van der Waals surface area contributed by atoms with E-state index < -0.39 is 6.10 Å². The van der Waals surface area contributed by atoms with E-state index in [-0.39, 0.29) is 12.4 Å². The molecule has 1 atom stereocenters. The van der Waals surface area contributed by atoms with Crippen LogP contribution in [0.5, 0.6) is 0 Å². The van der Waals surface area contributed by atoms with Gasteiger partial charge in [0.2, 0.25) is 0 Å². The number of hydrogen-bond acceptors (Lipinski definition) is 5. The average molecular weight is 202 g/mol. The fourth-order valence-corrected chi connectivity index (χ4v) is 1.49. The Labute approximate surface area is 79.6 Å². The first-order valence-corrected chi connectivity index (χ1v) is 4.71. The van der Waals surface area contributed by atoms with Crippen LogP contribution >= 0.6 is 11.8 Å². The SMILES string of the molecule is O=Cc1ccc(SCC(O)CO)o1. The van der Waals surface area contributed by atoms with Crippen LogP contribution in [0.3, 0.4) is 0 Å². The van der Waals surface area contributed by atoms with Gasteiger partial charge in [0.05, 0.1) is 12.7 Å². The highest BCUT2D eigenvalue weighted by atomic mass is 32.2. The molecular formula is C8H10O4S. The quantitative estimate of drug-likeness (QED) is 0.538. The minimum Gasteiger partial charge on any atom is -0.447 e. The molecule has 0 fully saturated rings. The lowest BCUT2D eigenvalue weighted by atomic mass is 10.4. The van der Waals surface area contributed by atoms with Crippen LogP contribution in [0, 0.1) is 0 Å². The standard InChI is InChI=1S/C8H10O4S/c9-3-6(11)5-13-8-2-1-7(4-10)12-8/h1-2,4,6,9,11H,3,5H2. The van der Waals surface area contributed by atoms with E-state index in [0.717, 1.165) is 0 Å². The third-order valence-corrected chi connectivity index (χ3v) is 2.40. The van der Waals surface area contributed by atoms with Crippen molar-refractivity contribution in [3.8, 4) is 0 Å². The summed E-state index contributed by atoms with van der Waals surface area (Å²) in [6.45, 7) is -0.270. The van der Waals surface area contributed by atoms with Crippen LogP contribution < -0.4 is 0 Å². The Morgan fingerprint density at radius 3 is 2.92 bits per heavy atom. The minimum atomic E-state index is -0.755. The molecule has 0 saturated carbocycles. The van der Waals surface area contributed by atoms with Gasteiger partial charge in [-0.15, -0.1) is 0 Å². The fraction of sp³-hybridized carbons (Fsp3) is 0.375. The summed E-state index contributed by atoms with van der Waals surface area (Å²) in [7, 11) is 0. The molecule has 0 aromatic carbocycles. The predicted octanol–water partition coefficient (Wildman–Crippen LogP) is 0.537. The van der Waals surface area contributed by atoms with E-state index >= 15 is 0 Å². The third-order valence-electron chi connectivity index (χ3n) is 1.35. The van der Waals surface area contributed by atoms with Crippen molar-refractivity contribution in [2.24, 2.45) is 0 Å². The number of furan rings is 1. The Morgan fingerprint density at radius 1 is 1.62 bits per heavy atom. The molecule has 0 amide bonds. The minimum absolute atomic E-state index is 0.265. The molecule has 0 aliphatic rings. The van der Waals surface area contributed by atoms with E-state index in [4.69, 9.17) is 14.6 Å². The fourth-order valence-electron chi connectivity index (χ4n) is 0.706. The number of thioether (sulfide) groups is 1. The highest BCUT2D eigenvalue weighted by molar-refractivity contribution is 7.99. The summed E-state index contributed by atoms with van der Waals surface area (Å²) < 4.78 is 5.03. The molecule has 0 radical (unpaired) electrons. The van der Waals surface area contributed by atoms with Crippen molar-refractivity contribution in [3.63, 3.8) is 0 Å². The lowest BCUT2D eigenvalue weighted by molar-refractivity contribution is 0.109. The van der Waals surface area contributed by atoms with E-state index in [1.807, 2.05) is 0 Å². The van der Waals surface area contributed by atoms with Gasteiger partial charge in [-0.05, 0) is 12.1 Å². The second kappa shape index (κ2) is 5.06. The lowest BCUT2D eigenvalue weighted by Gasteiger charge is -2.03. The number of carbonyl (C=O) groups is 1. The largest absolute Gasteiger partial charge is 0.447 e. The second-order valence-electron chi connectivity index (χ2n) is 2.42. The highest BCUT2D eigenvalue weighted by Gasteiger charge is 2.06. The number of aliphatic hydroxyl groups excluding tert-OH is 2. The van der Waals surface area contributed by atoms with Crippen molar-refractivity contribution in [1.29, 1.82) is 0 Å². The van der Waals surface area contributed by atoms with Gasteiger partial charge in [-0.3, -0.25) is 4.79 Å². The van der Waals surface area contributed by atoms with Crippen molar-refractivity contribution in [1.82, 2.24) is 0 Å². The van der Waals surface area contributed by atoms with Gasteiger partial charge in [0.15, 0.2) is 17.1 Å². The molecule has 0 spiro atoms. The third kappa shape index (κ3) is 3.22. The van der Waals surface area contributed by atoms with Crippen molar-refractivity contribution >= 4 is 18.0 Å². The van der Waals surface area contributed by atoms with E-state index in [9.17, 15) is 4.79 Å². The summed E-state index contributed by atoms with van der Waals surface area (Å²) in [5, 5.41) is 18.1. The molecule has 1 heterocycles. The first-order chi connectivity index (χ1) is 6.26. The Balaban J connectivity index is 2.40. The van der Waals surface area contributed by atoms with E-state index in [0.29, 0.717) is 17.1 Å². The summed E-state index contributed by atoms with van der Waals surface area (Å²) in [5.41, 5.74) is 0. The molecule has 2 N–H and O–H groups in total. The van der Waals surface area contributed by atoms with Gasteiger partial charge in [-0.25, -0.2) is 0 Å². The monoisotopic (exact) mass is 202 g/mol. The summed E-state index contributed by atoms with van der Waals surface area (Å²) in [6.07, 6.45) is -0.137. The predicted molar refractivity (Wildman–Crippen MR) is 47.9 cm³/mol. The zero-order valence-electron chi connectivity index (χ0n) is 6.84. The summed E-state index contributed by atoms with van der Waals surface area (Å²) in [5.74, 6) is 0.614. The van der Waals surface area contributed by atoms with Crippen molar-refractivity contribution in [3.05, 3.63) is 17.9 Å². The van der Waals surface area contributed by atoms with Crippen LogP contribution in [0.25, 0.3) is 0 Å². The molecular weight excluding hydrogens is 192 g/mol. The van der Waals surface area contributed by atoms with Crippen LogP contribution in [0.15, 0.2) is 21.6 Å². The number of aldehydes is 1. The number of hydrogen-bond donors (Lipinski definition) is 2. The Morgan fingerprint density at radius 2 is 2.38 bits per heavy atom. The van der Waals surface area contributed by atoms with E-state index in [1.54, 1.807) is 12.1 Å². The van der Waals surface area contributed by atoms with Crippen molar-refractivity contribution in [2.45, 2.75) is 11.2 Å². The molecule has 4 nitrogen and oxygen atoms in total. The maximum absolute atomic E-state index is 10.2. The summed E-state index contributed by atoms with van der Waals surface area (Å²) in [6, 6.07) is 3.21. The molecule has 0 aliphatic carbocycles. The molecule has 13 heavy (non-hydrogen) atoms. The number of carbonyl (C=O) groups excluding carboxylic acids is 1. The topological polar surface area (TPSA) is 70.7 Å². The highest BCUT2D eigenvalue weighted by Crippen LogP contribution is 2.20. The maximum atomic E-state index is 10.2. The number of aliphatic hydroxyl groups is 2. The van der Waals surface area contributed by atoms with Crippen molar-refractivity contribution < 1.29 is 19.4 Å². The Bertz CT molecular complexity index is 271. The van der Waals surface area contributed by atoms with Gasteiger partial charge >= 0.3 is 0 Å². The molecule has 0 bridgehead atoms. The molecule has 1 aromatic rings. The maximum Gasteiger partial charge on any atom is 0.185 e. The molecule has 0 aliphatic heterocycles. The molecule has 1 rings (SSSR count). The lowest BCUT2D eigenvalue weighted by Crippen LogP contribution is -2.14. The van der Waals surface area contributed by atoms with Gasteiger partial charge in [0.1, 0.15) is 0 Å². The zero-order valence-corrected chi connectivity index (χ0v) is 7.66. The van der Waals surface area contributed by atoms with Crippen LogP contribution in [-0.4, -0.2) is 35.0 Å². The summed E-state index contributed by atoms with van der Waals surface area (Å²) >= 11 is 1.25. The van der Waals surface area contributed by atoms with Crippen LogP contribution in [0.1, 0.15) is 10.6 Å². The molecule has 5 heteroatoms. The first kappa shape index (κ1) is 10.3. The van der Waals surface area contributed by atoms with Crippen LogP contribution in [0.2, 0.25) is 0 Å². The molecule has 1 unspecified atom stereocenters. The van der Waals surface area contributed by atoms with Gasteiger partial charge in [-0.1, -0.05) is 11.8 Å². The van der Waals surface area contributed by atoms with Crippen molar-refractivity contribution in [2.75, 3.05) is 12.4 Å². The van der Waals surface area contributed by atoms with Gasteiger partial charge in [-0.2, -0.15) is 0 Å². The summed E-state index contributed by atoms with van der Waals surface area (Å²) in [4.78, 5) is 10.2. The van der Waals surface area contributed by atoms with Gasteiger partial charge < -0.3 is 14.6 Å². The first-order valence-electron chi connectivity index (χ1n) is 3.73. The van der Waals surface area contributed by atoms with Crippen LogP contribution in [-0.2, 0) is 0 Å². The van der Waals surface area contributed by atoms with Gasteiger partial charge in [0.25, 0.3) is 0 Å². The number of rotatable bonds is 5. The molecule has 72 valence electrons. The van der Waals surface area contributed by atoms with Crippen LogP contribution in [0.4, 0.5) is 0 Å².